The second kappa shape index (κ2) is 3.10. The molecule has 3 nitrogen and oxygen atoms in total. The van der Waals surface area contributed by atoms with E-state index < -0.39 is 0 Å². The van der Waals surface area contributed by atoms with Gasteiger partial charge in [0, 0.05) is 12.1 Å². The molecule has 0 aliphatic heterocycles. The molecule has 0 aliphatic carbocycles. The van der Waals surface area contributed by atoms with E-state index in [4.69, 9.17) is 11.6 Å². The smallest absolute Gasteiger partial charge is 0.260 e. The summed E-state index contributed by atoms with van der Waals surface area (Å²) in [6, 6.07) is 3.45. The van der Waals surface area contributed by atoms with E-state index >= 15 is 0 Å². The van der Waals surface area contributed by atoms with E-state index in [9.17, 15) is 4.79 Å². The van der Waals surface area contributed by atoms with Crippen LogP contribution in [0.1, 0.15) is 5.56 Å². The lowest BCUT2D eigenvalue weighted by atomic mass is 10.1. The fraction of sp³-hybridized carbons (Fsp3) is 0.200. The molecule has 4 heteroatoms. The van der Waals surface area contributed by atoms with Crippen LogP contribution in [0.5, 0.6) is 0 Å². The van der Waals surface area contributed by atoms with Gasteiger partial charge < -0.3 is 4.57 Å². The summed E-state index contributed by atoms with van der Waals surface area (Å²) in [6.45, 7) is 1.89. The van der Waals surface area contributed by atoms with E-state index in [0.717, 1.165) is 11.1 Å². The van der Waals surface area contributed by atoms with Crippen molar-refractivity contribution in [3.8, 4) is 0 Å². The monoisotopic (exact) mass is 208 g/mol. The highest BCUT2D eigenvalue weighted by atomic mass is 35.5. The molecule has 0 atom stereocenters. The Hall–Kier alpha value is -1.35. The predicted octanol–water partition coefficient (Wildman–Crippen LogP) is 1.90. The first-order valence-corrected chi connectivity index (χ1v) is 4.59. The van der Waals surface area contributed by atoms with Gasteiger partial charge in [-0.2, -0.15) is 0 Å². The molecule has 0 bridgehead atoms. The molecule has 0 spiro atoms. The molecule has 1 heterocycles. The van der Waals surface area contributed by atoms with Gasteiger partial charge in [-0.15, -0.1) is 0 Å². The Morgan fingerprint density at radius 1 is 1.43 bits per heavy atom. The van der Waals surface area contributed by atoms with Crippen molar-refractivity contribution in [1.29, 1.82) is 0 Å². The normalized spacial score (nSPS) is 10.8. The van der Waals surface area contributed by atoms with Crippen molar-refractivity contribution in [3.63, 3.8) is 0 Å². The summed E-state index contributed by atoms with van der Waals surface area (Å²) < 4.78 is 1.44. The Labute approximate surface area is 86.0 Å². The Morgan fingerprint density at radius 3 is 2.86 bits per heavy atom. The molecule has 2 rings (SSSR count). The van der Waals surface area contributed by atoms with Gasteiger partial charge in [0.25, 0.3) is 5.56 Å². The zero-order valence-corrected chi connectivity index (χ0v) is 8.67. The largest absolute Gasteiger partial charge is 0.302 e. The minimum Gasteiger partial charge on any atom is -0.302 e. The van der Waals surface area contributed by atoms with Crippen LogP contribution in [0.2, 0.25) is 5.02 Å². The third-order valence-corrected chi connectivity index (χ3v) is 2.39. The number of rotatable bonds is 0. The SMILES string of the molecule is Cc1cc(Cl)cc2c(=O)n(C)cnc12. The molecular formula is C10H9ClN2O. The second-order valence-corrected chi connectivity index (χ2v) is 3.72. The van der Waals surface area contributed by atoms with Gasteiger partial charge in [-0.3, -0.25) is 4.79 Å². The molecule has 1 aromatic heterocycles. The summed E-state index contributed by atoms with van der Waals surface area (Å²) in [5.74, 6) is 0. The van der Waals surface area contributed by atoms with Gasteiger partial charge in [-0.1, -0.05) is 11.6 Å². The third-order valence-electron chi connectivity index (χ3n) is 2.18. The molecule has 1 aromatic carbocycles. The number of aryl methyl sites for hydroxylation is 2. The molecule has 0 fully saturated rings. The number of halogens is 1. The van der Waals surface area contributed by atoms with Crippen molar-refractivity contribution in [2.24, 2.45) is 7.05 Å². The van der Waals surface area contributed by atoms with Gasteiger partial charge in [-0.25, -0.2) is 4.98 Å². The molecule has 72 valence electrons. The fourth-order valence-electron chi connectivity index (χ4n) is 1.46. The maximum Gasteiger partial charge on any atom is 0.260 e. The first-order valence-electron chi connectivity index (χ1n) is 4.21. The van der Waals surface area contributed by atoms with Crippen LogP contribution in [-0.2, 0) is 7.05 Å². The van der Waals surface area contributed by atoms with Crippen molar-refractivity contribution in [3.05, 3.63) is 39.4 Å². The maximum atomic E-state index is 11.7. The van der Waals surface area contributed by atoms with E-state index in [2.05, 4.69) is 4.98 Å². The van der Waals surface area contributed by atoms with Crippen LogP contribution in [0.15, 0.2) is 23.3 Å². The number of hydrogen-bond acceptors (Lipinski definition) is 2. The lowest BCUT2D eigenvalue weighted by molar-refractivity contribution is 0.842. The number of hydrogen-bond donors (Lipinski definition) is 0. The Morgan fingerprint density at radius 2 is 2.14 bits per heavy atom. The molecule has 0 unspecified atom stereocenters. The van der Waals surface area contributed by atoms with Gasteiger partial charge >= 0.3 is 0 Å². The van der Waals surface area contributed by atoms with Gasteiger partial charge in [0.05, 0.1) is 17.2 Å². The van der Waals surface area contributed by atoms with E-state index in [0.29, 0.717) is 10.4 Å². The maximum absolute atomic E-state index is 11.7. The summed E-state index contributed by atoms with van der Waals surface area (Å²) >= 11 is 5.87. The summed E-state index contributed by atoms with van der Waals surface area (Å²) in [5, 5.41) is 1.14. The quantitative estimate of drug-likeness (QED) is 0.663. The average Bonchev–Trinajstić information content (AvgIpc) is 2.12. The standard InChI is InChI=1S/C10H9ClN2O/c1-6-3-7(11)4-8-9(6)12-5-13(2)10(8)14/h3-5H,1-2H3. The number of aromatic nitrogens is 2. The molecule has 14 heavy (non-hydrogen) atoms. The van der Waals surface area contributed by atoms with E-state index in [1.54, 1.807) is 19.2 Å². The van der Waals surface area contributed by atoms with Crippen LogP contribution in [0, 0.1) is 6.92 Å². The molecular weight excluding hydrogens is 200 g/mol. The zero-order chi connectivity index (χ0) is 10.3. The second-order valence-electron chi connectivity index (χ2n) is 3.28. The number of nitrogens with zero attached hydrogens (tertiary/aromatic N) is 2. The molecule has 0 radical (unpaired) electrons. The van der Waals surface area contributed by atoms with Crippen LogP contribution in [-0.4, -0.2) is 9.55 Å². The number of fused-ring (bicyclic) bond motifs is 1. The van der Waals surface area contributed by atoms with E-state index in [1.165, 1.54) is 10.9 Å². The van der Waals surface area contributed by atoms with E-state index in [-0.39, 0.29) is 5.56 Å². The van der Waals surface area contributed by atoms with Crippen LogP contribution in [0.4, 0.5) is 0 Å². The minimum atomic E-state index is -0.0689. The fourth-order valence-corrected chi connectivity index (χ4v) is 1.73. The lowest BCUT2D eigenvalue weighted by Gasteiger charge is -2.03. The van der Waals surface area contributed by atoms with Crippen molar-refractivity contribution < 1.29 is 0 Å². The third kappa shape index (κ3) is 1.30. The highest BCUT2D eigenvalue weighted by Crippen LogP contribution is 2.18. The first kappa shape index (κ1) is 9.21. The van der Waals surface area contributed by atoms with E-state index in [1.807, 2.05) is 6.92 Å². The molecule has 0 saturated carbocycles. The van der Waals surface area contributed by atoms with Crippen molar-refractivity contribution >= 4 is 22.5 Å². The lowest BCUT2D eigenvalue weighted by Crippen LogP contribution is -2.17. The van der Waals surface area contributed by atoms with Gasteiger partial charge in [0.2, 0.25) is 0 Å². The summed E-state index contributed by atoms with van der Waals surface area (Å²) in [4.78, 5) is 15.9. The Bertz CT molecular complexity index is 560. The van der Waals surface area contributed by atoms with Crippen molar-refractivity contribution in [2.45, 2.75) is 6.92 Å². The summed E-state index contributed by atoms with van der Waals surface area (Å²) in [6.07, 6.45) is 1.52. The summed E-state index contributed by atoms with van der Waals surface area (Å²) in [7, 11) is 1.67. The number of benzene rings is 1. The predicted molar refractivity (Wildman–Crippen MR) is 56.7 cm³/mol. The average molecular weight is 209 g/mol. The van der Waals surface area contributed by atoms with Crippen molar-refractivity contribution in [1.82, 2.24) is 9.55 Å². The first-order chi connectivity index (χ1) is 6.59. The van der Waals surface area contributed by atoms with Gasteiger partial charge in [-0.05, 0) is 24.6 Å². The van der Waals surface area contributed by atoms with Crippen LogP contribution in [0.3, 0.4) is 0 Å². The van der Waals surface area contributed by atoms with Crippen LogP contribution in [0.25, 0.3) is 10.9 Å². The van der Waals surface area contributed by atoms with Crippen molar-refractivity contribution in [2.75, 3.05) is 0 Å². The molecule has 0 aliphatic rings. The highest BCUT2D eigenvalue weighted by Gasteiger charge is 2.05. The topological polar surface area (TPSA) is 34.9 Å². The molecule has 0 amide bonds. The van der Waals surface area contributed by atoms with Gasteiger partial charge in [0.15, 0.2) is 0 Å². The molecule has 0 N–H and O–H groups in total. The van der Waals surface area contributed by atoms with Crippen LogP contribution >= 0.6 is 11.6 Å². The van der Waals surface area contributed by atoms with Gasteiger partial charge in [0.1, 0.15) is 0 Å². The minimum absolute atomic E-state index is 0.0689. The van der Waals surface area contributed by atoms with Crippen LogP contribution < -0.4 is 5.56 Å². The highest BCUT2D eigenvalue weighted by molar-refractivity contribution is 6.31. The Kier molecular flexibility index (Phi) is 2.04. The molecule has 2 aromatic rings. The Balaban J connectivity index is 3.03. The molecule has 0 saturated heterocycles. The zero-order valence-electron chi connectivity index (χ0n) is 7.91. The summed E-state index contributed by atoms with van der Waals surface area (Å²) in [5.41, 5.74) is 1.57.